The molecule has 3 aromatic rings. The van der Waals surface area contributed by atoms with Gasteiger partial charge in [-0.1, -0.05) is 11.6 Å². The van der Waals surface area contributed by atoms with Crippen molar-refractivity contribution in [2.24, 2.45) is 0 Å². The molecule has 6 heteroatoms. The molecule has 0 unspecified atom stereocenters. The van der Waals surface area contributed by atoms with E-state index >= 15 is 0 Å². The largest absolute Gasteiger partial charge is 0.481 e. The van der Waals surface area contributed by atoms with Gasteiger partial charge >= 0.3 is 0 Å². The van der Waals surface area contributed by atoms with Crippen molar-refractivity contribution in [3.63, 3.8) is 0 Å². The summed E-state index contributed by atoms with van der Waals surface area (Å²) in [5.74, 6) is 1.37. The lowest BCUT2D eigenvalue weighted by atomic mass is 10.3. The summed E-state index contributed by atoms with van der Waals surface area (Å²) < 4.78 is 7.05. The molecule has 3 aromatic heterocycles. The smallest absolute Gasteiger partial charge is 0.215 e. The van der Waals surface area contributed by atoms with Gasteiger partial charge in [0.1, 0.15) is 16.9 Å². The number of hydrogen-bond donors (Lipinski definition) is 0. The van der Waals surface area contributed by atoms with Crippen molar-refractivity contribution in [3.8, 4) is 5.88 Å². The molecule has 0 aliphatic heterocycles. The zero-order chi connectivity index (χ0) is 12.9. The van der Waals surface area contributed by atoms with Crippen molar-refractivity contribution in [2.75, 3.05) is 7.11 Å². The number of ether oxygens (including phenoxy) is 1. The number of methoxy groups -OCH3 is 1. The Kier molecular flexibility index (Phi) is 2.38. The van der Waals surface area contributed by atoms with E-state index in [4.69, 9.17) is 16.3 Å². The number of pyridine rings is 1. The monoisotopic (exact) mass is 262 g/mol. The predicted molar refractivity (Wildman–Crippen MR) is 69.3 cm³/mol. The fourth-order valence-electron chi connectivity index (χ4n) is 2.12. The predicted octanol–water partition coefficient (Wildman–Crippen LogP) is 2.56. The van der Waals surface area contributed by atoms with Crippen molar-refractivity contribution in [1.82, 2.24) is 19.4 Å². The first-order chi connectivity index (χ1) is 8.61. The summed E-state index contributed by atoms with van der Waals surface area (Å²) in [6.45, 7) is 3.82. The number of aryl methyl sites for hydroxylation is 2. The summed E-state index contributed by atoms with van der Waals surface area (Å²) in [6, 6.07) is 3.60. The Balaban J connectivity index is 2.57. The van der Waals surface area contributed by atoms with Crippen LogP contribution in [0.1, 0.15) is 11.5 Å². The lowest BCUT2D eigenvalue weighted by Gasteiger charge is -2.06. The van der Waals surface area contributed by atoms with E-state index in [1.54, 1.807) is 13.2 Å². The van der Waals surface area contributed by atoms with Gasteiger partial charge in [0.15, 0.2) is 10.8 Å². The maximum absolute atomic E-state index is 6.20. The first-order valence-electron chi connectivity index (χ1n) is 5.47. The van der Waals surface area contributed by atoms with E-state index in [1.165, 1.54) is 0 Å². The van der Waals surface area contributed by atoms with Gasteiger partial charge in [-0.25, -0.2) is 9.97 Å². The van der Waals surface area contributed by atoms with Crippen LogP contribution in [-0.4, -0.2) is 26.5 Å². The van der Waals surface area contributed by atoms with E-state index in [0.29, 0.717) is 22.2 Å². The van der Waals surface area contributed by atoms with E-state index in [0.717, 1.165) is 17.0 Å². The standard InChI is InChI=1S/C12H11ClN4O/c1-6-10-11(13)15-8-4-5-9(18-3)16-12(8)17(10)7(2)14-6/h4-5H,1-3H3. The number of nitrogens with zero attached hydrogens (tertiary/aromatic N) is 4. The van der Waals surface area contributed by atoms with Gasteiger partial charge in [0.25, 0.3) is 0 Å². The Bertz CT molecular complexity index is 766. The average Bonchev–Trinajstić information content (AvgIpc) is 2.65. The van der Waals surface area contributed by atoms with Crippen LogP contribution in [0.25, 0.3) is 16.7 Å². The molecule has 0 saturated carbocycles. The molecule has 0 aliphatic rings. The number of fused-ring (bicyclic) bond motifs is 3. The van der Waals surface area contributed by atoms with Crippen LogP contribution in [0, 0.1) is 13.8 Å². The number of hydrogen-bond acceptors (Lipinski definition) is 4. The van der Waals surface area contributed by atoms with Crippen molar-refractivity contribution < 1.29 is 4.74 Å². The van der Waals surface area contributed by atoms with Crippen molar-refractivity contribution in [1.29, 1.82) is 0 Å². The molecule has 3 rings (SSSR count). The second-order valence-corrected chi connectivity index (χ2v) is 4.39. The molecule has 92 valence electrons. The minimum atomic E-state index is 0.438. The van der Waals surface area contributed by atoms with Crippen LogP contribution in [0.3, 0.4) is 0 Å². The zero-order valence-electron chi connectivity index (χ0n) is 10.2. The van der Waals surface area contributed by atoms with E-state index in [1.807, 2.05) is 24.3 Å². The molecule has 5 nitrogen and oxygen atoms in total. The molecule has 0 amide bonds. The Morgan fingerprint density at radius 1 is 1.17 bits per heavy atom. The van der Waals surface area contributed by atoms with Gasteiger partial charge in [0.2, 0.25) is 5.88 Å². The van der Waals surface area contributed by atoms with E-state index in [-0.39, 0.29) is 0 Å². The second kappa shape index (κ2) is 3.81. The summed E-state index contributed by atoms with van der Waals surface area (Å²) in [7, 11) is 1.58. The molecule has 0 aliphatic carbocycles. The quantitative estimate of drug-likeness (QED) is 0.676. The van der Waals surface area contributed by atoms with Gasteiger partial charge in [-0.2, -0.15) is 4.98 Å². The van der Waals surface area contributed by atoms with Gasteiger partial charge in [0, 0.05) is 6.07 Å². The number of aromatic nitrogens is 4. The molecule has 0 aromatic carbocycles. The molecule has 3 heterocycles. The fraction of sp³-hybridized carbons (Fsp3) is 0.250. The Morgan fingerprint density at radius 3 is 2.67 bits per heavy atom. The van der Waals surface area contributed by atoms with E-state index < -0.39 is 0 Å². The third kappa shape index (κ3) is 1.44. The van der Waals surface area contributed by atoms with Gasteiger partial charge in [-0.15, -0.1) is 0 Å². The number of rotatable bonds is 1. The normalized spacial score (nSPS) is 11.3. The molecule has 0 radical (unpaired) electrons. The summed E-state index contributed by atoms with van der Waals surface area (Å²) in [6.07, 6.45) is 0. The third-order valence-corrected chi connectivity index (χ3v) is 3.15. The third-order valence-electron chi connectivity index (χ3n) is 2.88. The van der Waals surface area contributed by atoms with Gasteiger partial charge < -0.3 is 4.74 Å². The molecule has 0 fully saturated rings. The zero-order valence-corrected chi connectivity index (χ0v) is 11.0. The second-order valence-electron chi connectivity index (χ2n) is 4.03. The van der Waals surface area contributed by atoms with Crippen LogP contribution in [-0.2, 0) is 0 Å². The van der Waals surface area contributed by atoms with Gasteiger partial charge in [-0.05, 0) is 19.9 Å². The SMILES string of the molecule is COc1ccc2nc(Cl)c3c(C)nc(C)n3c2n1. The first-order valence-corrected chi connectivity index (χ1v) is 5.85. The summed E-state index contributed by atoms with van der Waals surface area (Å²) in [4.78, 5) is 13.2. The number of imidazole rings is 1. The molecule has 0 saturated heterocycles. The van der Waals surface area contributed by atoms with Crippen molar-refractivity contribution in [2.45, 2.75) is 13.8 Å². The first kappa shape index (κ1) is 11.2. The highest BCUT2D eigenvalue weighted by molar-refractivity contribution is 6.33. The number of halogens is 1. The van der Waals surface area contributed by atoms with Gasteiger partial charge in [-0.3, -0.25) is 4.40 Å². The Labute approximate surface area is 108 Å². The molecular weight excluding hydrogens is 252 g/mol. The van der Waals surface area contributed by atoms with Crippen LogP contribution in [0.2, 0.25) is 5.15 Å². The molecule has 18 heavy (non-hydrogen) atoms. The van der Waals surface area contributed by atoms with Crippen LogP contribution in [0.4, 0.5) is 0 Å². The molecule has 0 spiro atoms. The highest BCUT2D eigenvalue weighted by atomic mass is 35.5. The molecule has 0 N–H and O–H groups in total. The lowest BCUT2D eigenvalue weighted by Crippen LogP contribution is -1.98. The summed E-state index contributed by atoms with van der Waals surface area (Å²) in [5, 5.41) is 0.438. The highest BCUT2D eigenvalue weighted by Gasteiger charge is 2.14. The summed E-state index contributed by atoms with van der Waals surface area (Å²) >= 11 is 6.20. The molecule has 0 atom stereocenters. The van der Waals surface area contributed by atoms with Crippen molar-refractivity contribution in [3.05, 3.63) is 28.8 Å². The average molecular weight is 263 g/mol. The van der Waals surface area contributed by atoms with Crippen LogP contribution < -0.4 is 4.74 Å². The van der Waals surface area contributed by atoms with Crippen LogP contribution in [0.5, 0.6) is 5.88 Å². The van der Waals surface area contributed by atoms with Crippen LogP contribution >= 0.6 is 11.6 Å². The maximum atomic E-state index is 6.20. The topological polar surface area (TPSA) is 52.3 Å². The van der Waals surface area contributed by atoms with Gasteiger partial charge in [0.05, 0.1) is 12.8 Å². The Hall–Kier alpha value is -1.88. The molecule has 0 bridgehead atoms. The Morgan fingerprint density at radius 2 is 1.94 bits per heavy atom. The fourth-order valence-corrected chi connectivity index (χ4v) is 2.43. The maximum Gasteiger partial charge on any atom is 0.215 e. The van der Waals surface area contributed by atoms with E-state index in [9.17, 15) is 0 Å². The minimum absolute atomic E-state index is 0.438. The lowest BCUT2D eigenvalue weighted by molar-refractivity contribution is 0.399. The van der Waals surface area contributed by atoms with Crippen LogP contribution in [0.15, 0.2) is 12.1 Å². The molecular formula is C12H11ClN4O. The summed E-state index contributed by atoms with van der Waals surface area (Å²) in [5.41, 5.74) is 3.06. The highest BCUT2D eigenvalue weighted by Crippen LogP contribution is 2.25. The minimum Gasteiger partial charge on any atom is -0.481 e. The van der Waals surface area contributed by atoms with Crippen molar-refractivity contribution >= 4 is 28.3 Å². The van der Waals surface area contributed by atoms with E-state index in [2.05, 4.69) is 15.0 Å².